The van der Waals surface area contributed by atoms with Gasteiger partial charge in [0.2, 0.25) is 0 Å². The Hall–Kier alpha value is -9.73. The number of rotatable bonds is 15. The number of H-pyrrole nitrogens is 2. The smallest absolute Gasteiger partial charge is 0.693 e. The van der Waals surface area contributed by atoms with E-state index in [4.69, 9.17) is 4.74 Å². The van der Waals surface area contributed by atoms with Crippen molar-refractivity contribution in [3.8, 4) is 45.0 Å². The number of esters is 2. The first-order valence-corrected chi connectivity index (χ1v) is 27.3. The molecule has 0 bridgehead atoms. The van der Waals surface area contributed by atoms with Gasteiger partial charge in [-0.15, -0.1) is 0 Å². The van der Waals surface area contributed by atoms with E-state index in [1.54, 1.807) is 104 Å². The predicted octanol–water partition coefficient (Wildman–Crippen LogP) is 10.1. The van der Waals surface area contributed by atoms with Crippen molar-refractivity contribution in [2.75, 3.05) is 27.4 Å². The number of methoxy groups -OCH3 is 2. The van der Waals surface area contributed by atoms with Gasteiger partial charge in [0.25, 0.3) is 0 Å². The number of benzene rings is 8. The molecule has 1 aliphatic heterocycles. The minimum absolute atomic E-state index is 0. The number of hydrogen-bond donors (Lipinski definition) is 4. The molecular formula is C70H70N7NaO11. The molecule has 452 valence electrons. The van der Waals surface area contributed by atoms with Crippen LogP contribution >= 0.6 is 0 Å². The Morgan fingerprint density at radius 3 is 1.02 bits per heavy atom. The van der Waals surface area contributed by atoms with Crippen molar-refractivity contribution >= 4 is 40.9 Å². The van der Waals surface area contributed by atoms with Gasteiger partial charge in [-0.2, -0.15) is 10.2 Å². The van der Waals surface area contributed by atoms with Crippen molar-refractivity contribution in [2.24, 2.45) is 11.7 Å². The number of nitrogens with one attached hydrogen (secondary N) is 2. The van der Waals surface area contributed by atoms with Crippen LogP contribution in [0, 0.1) is 0 Å². The van der Waals surface area contributed by atoms with Crippen molar-refractivity contribution in [3.63, 3.8) is 0 Å². The number of Topliss-reactive ketones (excluding diaryl/α,β-unsaturated/α-hetero) is 5. The van der Waals surface area contributed by atoms with Crippen LogP contribution in [0.25, 0.3) is 51.2 Å². The number of ether oxygens (including phenoxy) is 3. The van der Waals surface area contributed by atoms with Gasteiger partial charge in [-0.25, -0.2) is 9.59 Å². The van der Waals surface area contributed by atoms with Gasteiger partial charge in [-0.05, 0) is 73.4 Å². The fourth-order valence-corrected chi connectivity index (χ4v) is 8.31. The Morgan fingerprint density at radius 2 is 0.697 bits per heavy atom. The largest absolute Gasteiger partial charge is 1.00 e. The summed E-state index contributed by atoms with van der Waals surface area (Å²) in [7, 11) is 2.57. The summed E-state index contributed by atoms with van der Waals surface area (Å²) in [4.78, 5) is 82.2. The molecule has 1 fully saturated rings. The second-order valence-electron chi connectivity index (χ2n) is 18.8. The molecule has 8 aromatic carbocycles. The molecule has 10 N–H and O–H groups in total. The molecule has 1 aliphatic rings. The van der Waals surface area contributed by atoms with Crippen LogP contribution in [0.3, 0.4) is 0 Å². The summed E-state index contributed by atoms with van der Waals surface area (Å²) in [5, 5.41) is 15.3. The van der Waals surface area contributed by atoms with Gasteiger partial charge in [-0.1, -0.05) is 194 Å². The Bertz CT molecular complexity index is 3580. The van der Waals surface area contributed by atoms with Crippen LogP contribution in [0.1, 0.15) is 105 Å². The minimum Gasteiger partial charge on any atom is -0.693 e. The second-order valence-corrected chi connectivity index (χ2v) is 18.8. The number of carbonyl (C=O) groups is 7. The summed E-state index contributed by atoms with van der Waals surface area (Å²) in [6, 6.07) is 71.6. The van der Waals surface area contributed by atoms with Crippen LogP contribution in [0.4, 0.5) is 0 Å². The van der Waals surface area contributed by atoms with E-state index in [0.29, 0.717) is 22.3 Å². The molecule has 0 spiro atoms. The van der Waals surface area contributed by atoms with Gasteiger partial charge < -0.3 is 25.8 Å². The molecule has 0 atom stereocenters. The molecule has 0 amide bonds. The third-order valence-corrected chi connectivity index (χ3v) is 12.8. The number of carbonyl (C=O) groups excluding carboxylic acids is 7. The number of ketones is 5. The van der Waals surface area contributed by atoms with E-state index in [1.807, 2.05) is 72.8 Å². The fraction of sp³-hybridized carbons (Fsp3) is 0.129. The molecule has 11 rings (SSSR count). The van der Waals surface area contributed by atoms with Gasteiger partial charge >= 0.3 is 41.5 Å². The van der Waals surface area contributed by atoms with Crippen molar-refractivity contribution < 1.29 is 82.8 Å². The molecule has 0 aliphatic carbocycles. The number of aromatic amines is 2. The topological polar surface area (TPSA) is 322 Å². The Labute approximate surface area is 539 Å². The zero-order valence-electron chi connectivity index (χ0n) is 50.0. The summed E-state index contributed by atoms with van der Waals surface area (Å²) < 4.78 is 14.0. The standard InChI is InChI=1S/C24H18N4.C24H18O4.C10H10O4.C8H8O.C4H8O.H4N2.H2N.Na.H2O/c1-3-8-17(9-4-1)21-15-23(27-25-21)19-12-7-13-20(14-19)24-16-22(26-28-24)18-10-5-2-6-11-18;25-21(17-8-3-1-4-9-17)15-23(27)19-12-7-13-20(14-19)24(28)16-22(26)18-10-5-2-6-11-18;1-13-9(11)7-4-3-5-8(6-7)10(12)14-2;1-7(9)8-5-3-2-4-6-8;1-2-4-5-3-1;1-2;;;/h1-16H,(H,25,27)(H,26,28);1-14H,15-16H2;3-6H,1-2H3;2-6H,1H3;1-4H2;1-2H2;1H2;;1H2/q;;;;;;-1;+1;. The first-order chi connectivity index (χ1) is 41.9. The molecule has 0 unspecified atom stereocenters. The average Bonchev–Trinajstić information content (AvgIpc) is 3.64. The zero-order valence-corrected chi connectivity index (χ0v) is 52.0. The van der Waals surface area contributed by atoms with E-state index < -0.39 is 11.9 Å². The SMILES string of the molecule is C1CCOC1.CC(=O)c1ccccc1.COC(=O)c1cccc(C(=O)OC)c1.NN.O.O=C(CC(=O)c1cccc(C(=O)CC(=O)c2ccccc2)c1)c1ccccc1.[NH2-].[Na+].c1ccc(-c2cc(-c3cccc(-c4cc(-c5ccccc5)[nH]n4)c3)n[nH]2)cc1. The maximum atomic E-state index is 12.4. The van der Waals surface area contributed by atoms with Crippen molar-refractivity contribution in [3.05, 3.63) is 282 Å². The number of nitrogens with zero attached hydrogens (tertiary/aromatic N) is 2. The quantitative estimate of drug-likeness (QED) is 0.0185. The maximum Gasteiger partial charge on any atom is 1.00 e. The van der Waals surface area contributed by atoms with Crippen LogP contribution < -0.4 is 41.2 Å². The first-order valence-electron chi connectivity index (χ1n) is 27.3. The summed E-state index contributed by atoms with van der Waals surface area (Å²) in [5.74, 6) is 5.89. The van der Waals surface area contributed by atoms with Crippen molar-refractivity contribution in [1.29, 1.82) is 0 Å². The van der Waals surface area contributed by atoms with Gasteiger partial charge in [0.05, 0.1) is 61.0 Å². The predicted molar refractivity (Wildman–Crippen MR) is 341 cm³/mol. The van der Waals surface area contributed by atoms with Crippen molar-refractivity contribution in [1.82, 2.24) is 20.4 Å². The van der Waals surface area contributed by atoms with Crippen LogP contribution in [0.15, 0.2) is 237 Å². The van der Waals surface area contributed by atoms with E-state index in [0.717, 1.165) is 63.8 Å². The van der Waals surface area contributed by atoms with Gasteiger partial charge in [-0.3, -0.25) is 45.9 Å². The summed E-state index contributed by atoms with van der Waals surface area (Å²) in [5.41, 5.74) is 11.1. The van der Waals surface area contributed by atoms with E-state index in [2.05, 4.69) is 96.2 Å². The summed E-state index contributed by atoms with van der Waals surface area (Å²) in [6.07, 6.45) is 2.01. The number of hydrogen-bond acceptors (Lipinski definition) is 14. The molecule has 18 nitrogen and oxygen atoms in total. The fourth-order valence-electron chi connectivity index (χ4n) is 8.31. The normalized spacial score (nSPS) is 10.4. The molecule has 1 saturated heterocycles. The molecule has 89 heavy (non-hydrogen) atoms. The van der Waals surface area contributed by atoms with Crippen molar-refractivity contribution in [2.45, 2.75) is 32.6 Å². The van der Waals surface area contributed by atoms with E-state index in [1.165, 1.54) is 39.2 Å². The van der Waals surface area contributed by atoms with E-state index in [-0.39, 0.29) is 94.1 Å². The van der Waals surface area contributed by atoms with Gasteiger partial charge in [0.15, 0.2) is 28.9 Å². The third-order valence-electron chi connectivity index (χ3n) is 12.8. The minimum atomic E-state index is -0.476. The molecule has 3 heterocycles. The first kappa shape index (κ1) is 73.5. The van der Waals surface area contributed by atoms with Gasteiger partial charge in [0, 0.05) is 52.2 Å². The molecule has 0 saturated carbocycles. The monoisotopic (exact) mass is 1210 g/mol. The maximum absolute atomic E-state index is 12.4. The number of hydrazine groups is 1. The third kappa shape index (κ3) is 23.5. The Morgan fingerprint density at radius 1 is 0.404 bits per heavy atom. The van der Waals surface area contributed by atoms with Crippen LogP contribution in [-0.4, -0.2) is 94.2 Å². The molecule has 19 heteroatoms. The van der Waals surface area contributed by atoms with Crippen LogP contribution in [-0.2, 0) is 14.2 Å². The number of aromatic nitrogens is 4. The summed E-state index contributed by atoms with van der Waals surface area (Å²) >= 11 is 0. The molecular weight excluding hydrogens is 1140 g/mol. The van der Waals surface area contributed by atoms with Crippen LogP contribution in [0.5, 0.6) is 0 Å². The molecule has 10 aromatic rings. The Balaban J connectivity index is 0.000000315. The van der Waals surface area contributed by atoms with Crippen LogP contribution in [0.2, 0.25) is 0 Å². The molecule has 0 radical (unpaired) electrons. The van der Waals surface area contributed by atoms with E-state index >= 15 is 0 Å². The van der Waals surface area contributed by atoms with E-state index in [9.17, 15) is 33.6 Å². The summed E-state index contributed by atoms with van der Waals surface area (Å²) in [6.45, 7) is 3.56. The van der Waals surface area contributed by atoms with Gasteiger partial charge in [0.1, 0.15) is 0 Å². The Kier molecular flexibility index (Phi) is 32.9. The zero-order chi connectivity index (χ0) is 61.5. The second kappa shape index (κ2) is 39.9. The average molecular weight is 1210 g/mol. The molecule has 2 aromatic heterocycles. The number of nitrogens with two attached hydrogens (primary N) is 3.